The Morgan fingerprint density at radius 2 is 1.95 bits per heavy atom. The number of rotatable bonds is 6. The van der Waals surface area contributed by atoms with E-state index in [2.05, 4.69) is 10.3 Å². The Morgan fingerprint density at radius 1 is 1.24 bits per heavy atom. The van der Waals surface area contributed by atoms with Crippen molar-refractivity contribution in [3.63, 3.8) is 0 Å². The highest BCUT2D eigenvalue weighted by molar-refractivity contribution is 7.87. The fourth-order valence-electron chi connectivity index (χ4n) is 3.87. The molecule has 2 amide bonds. The molecule has 200 valence electrons. The Labute approximate surface area is 211 Å². The van der Waals surface area contributed by atoms with Gasteiger partial charge in [0.15, 0.2) is 5.69 Å². The van der Waals surface area contributed by atoms with E-state index in [1.165, 1.54) is 25.1 Å². The average Bonchev–Trinajstić information content (AvgIpc) is 3.16. The van der Waals surface area contributed by atoms with Crippen LogP contribution in [0.15, 0.2) is 28.9 Å². The third-order valence-electron chi connectivity index (χ3n) is 5.93. The van der Waals surface area contributed by atoms with Gasteiger partial charge in [-0.05, 0) is 43.9 Å². The number of benzene rings is 1. The number of carbonyl (C=O) groups excluding carboxylic acids is 2. The van der Waals surface area contributed by atoms with Crippen LogP contribution in [0.3, 0.4) is 0 Å². The molecule has 1 saturated heterocycles. The summed E-state index contributed by atoms with van der Waals surface area (Å²) in [5.41, 5.74) is -2.22. The summed E-state index contributed by atoms with van der Waals surface area (Å²) in [6.07, 6.45) is -3.39. The van der Waals surface area contributed by atoms with Crippen LogP contribution in [-0.4, -0.2) is 61.6 Å². The van der Waals surface area contributed by atoms with Gasteiger partial charge in [-0.1, -0.05) is 6.07 Å². The normalized spacial score (nSPS) is 18.9. The number of nitrogens with zero attached hydrogens (tertiary/aromatic N) is 4. The number of nitriles is 1. The molecule has 0 saturated carbocycles. The van der Waals surface area contributed by atoms with Gasteiger partial charge < -0.3 is 14.6 Å². The maximum atomic E-state index is 13.0. The maximum absolute atomic E-state index is 13.0. The van der Waals surface area contributed by atoms with Crippen LogP contribution in [0.5, 0.6) is 0 Å². The number of amides is 2. The highest BCUT2D eigenvalue weighted by Crippen LogP contribution is 2.34. The number of nitrogens with one attached hydrogen (secondary N) is 2. The molecule has 2 aromatic rings. The number of aromatic nitrogens is 1. The first-order valence-corrected chi connectivity index (χ1v) is 12.5. The summed E-state index contributed by atoms with van der Waals surface area (Å²) in [5.74, 6) is -1.55. The van der Waals surface area contributed by atoms with Crippen LogP contribution in [0, 0.1) is 23.7 Å². The standard InChI is InChI=1S/C22H25F3N6O5S/c1-14-5-6-15(22(23,24)25)11-16(14)27-20-28-17(12-36-20)18(32)29-37(34,35)31-9-4-7-21(13-26,8-10-31)19(33)30(2)3/h5-6,11-12H,4,7-10H2,1-3H3,(H,27,28)(H,29,32). The lowest BCUT2D eigenvalue weighted by molar-refractivity contribution is -0.138. The second-order valence-corrected chi connectivity index (χ2v) is 10.4. The summed E-state index contributed by atoms with van der Waals surface area (Å²) < 4.78 is 72.6. The molecule has 2 N–H and O–H groups in total. The van der Waals surface area contributed by atoms with Gasteiger partial charge in [0.2, 0.25) is 5.91 Å². The molecule has 0 aliphatic carbocycles. The van der Waals surface area contributed by atoms with Crippen molar-refractivity contribution in [1.29, 1.82) is 5.26 Å². The van der Waals surface area contributed by atoms with Crippen LogP contribution >= 0.6 is 0 Å². The monoisotopic (exact) mass is 542 g/mol. The number of hydrogen-bond donors (Lipinski definition) is 2. The lowest BCUT2D eigenvalue weighted by Gasteiger charge is -2.27. The van der Waals surface area contributed by atoms with Crippen LogP contribution in [0.4, 0.5) is 24.9 Å². The Hall–Kier alpha value is -3.64. The maximum Gasteiger partial charge on any atom is 0.416 e. The van der Waals surface area contributed by atoms with E-state index < -0.39 is 44.9 Å². The molecule has 11 nitrogen and oxygen atoms in total. The molecule has 1 unspecified atom stereocenters. The summed E-state index contributed by atoms with van der Waals surface area (Å²) in [7, 11) is -1.34. The van der Waals surface area contributed by atoms with Crippen molar-refractivity contribution in [2.75, 3.05) is 32.5 Å². The van der Waals surface area contributed by atoms with Crippen LogP contribution < -0.4 is 10.0 Å². The van der Waals surface area contributed by atoms with Gasteiger partial charge in [0.05, 0.1) is 11.6 Å². The van der Waals surface area contributed by atoms with Gasteiger partial charge in [0, 0.05) is 32.9 Å². The minimum Gasteiger partial charge on any atom is -0.431 e. The molecule has 1 aromatic carbocycles. The minimum atomic E-state index is -4.57. The van der Waals surface area contributed by atoms with E-state index in [0.717, 1.165) is 22.7 Å². The van der Waals surface area contributed by atoms with Gasteiger partial charge in [-0.2, -0.15) is 36.1 Å². The van der Waals surface area contributed by atoms with Gasteiger partial charge in [-0.3, -0.25) is 9.59 Å². The lowest BCUT2D eigenvalue weighted by Crippen LogP contribution is -2.45. The Bertz CT molecular complexity index is 1340. The highest BCUT2D eigenvalue weighted by atomic mass is 32.2. The number of hydrogen-bond acceptors (Lipinski definition) is 8. The number of carbonyl (C=O) groups is 2. The molecule has 3 rings (SSSR count). The SMILES string of the molecule is Cc1ccc(C(F)(F)F)cc1Nc1nc(C(=O)NS(=O)(=O)N2CCCC(C#N)(C(=O)N(C)C)CC2)co1. The van der Waals surface area contributed by atoms with E-state index in [-0.39, 0.29) is 44.1 Å². The number of aryl methyl sites for hydroxylation is 1. The zero-order valence-electron chi connectivity index (χ0n) is 20.2. The molecule has 1 fully saturated rings. The number of alkyl halides is 3. The molecule has 2 heterocycles. The Balaban J connectivity index is 1.70. The second kappa shape index (κ2) is 10.4. The van der Waals surface area contributed by atoms with Crippen LogP contribution in [-0.2, 0) is 21.2 Å². The first kappa shape index (κ1) is 27.9. The minimum absolute atomic E-state index is 0.0206. The van der Waals surface area contributed by atoms with Gasteiger partial charge in [0.1, 0.15) is 11.7 Å². The first-order valence-electron chi connectivity index (χ1n) is 11.0. The predicted octanol–water partition coefficient (Wildman–Crippen LogP) is 2.80. The Kier molecular flexibility index (Phi) is 7.84. The van der Waals surface area contributed by atoms with E-state index >= 15 is 0 Å². The molecule has 1 aliphatic heterocycles. The second-order valence-electron chi connectivity index (χ2n) is 8.77. The quantitative estimate of drug-likeness (QED) is 0.566. The zero-order valence-corrected chi connectivity index (χ0v) is 21.0. The van der Waals surface area contributed by atoms with Crippen molar-refractivity contribution in [1.82, 2.24) is 18.9 Å². The summed E-state index contributed by atoms with van der Waals surface area (Å²) in [6.45, 7) is 1.36. The topological polar surface area (TPSA) is 149 Å². The van der Waals surface area contributed by atoms with Gasteiger partial charge in [-0.15, -0.1) is 0 Å². The average molecular weight is 543 g/mol. The predicted molar refractivity (Wildman–Crippen MR) is 125 cm³/mol. The third-order valence-corrected chi connectivity index (χ3v) is 7.42. The van der Waals surface area contributed by atoms with E-state index in [0.29, 0.717) is 5.56 Å². The van der Waals surface area contributed by atoms with Crippen molar-refractivity contribution in [2.24, 2.45) is 5.41 Å². The number of oxazole rings is 1. The van der Waals surface area contributed by atoms with Crippen LogP contribution in [0.2, 0.25) is 0 Å². The van der Waals surface area contributed by atoms with Gasteiger partial charge in [-0.25, -0.2) is 4.72 Å². The Morgan fingerprint density at radius 3 is 2.57 bits per heavy atom. The third kappa shape index (κ3) is 6.20. The van der Waals surface area contributed by atoms with Crippen LogP contribution in [0.1, 0.15) is 40.9 Å². The highest BCUT2D eigenvalue weighted by Gasteiger charge is 2.43. The van der Waals surface area contributed by atoms with E-state index in [9.17, 15) is 36.4 Å². The molecular weight excluding hydrogens is 517 g/mol. The molecule has 1 aromatic heterocycles. The largest absolute Gasteiger partial charge is 0.431 e. The molecule has 15 heteroatoms. The molecule has 0 radical (unpaired) electrons. The van der Waals surface area contributed by atoms with Crippen molar-refractivity contribution < 1.29 is 35.6 Å². The fourth-order valence-corrected chi connectivity index (χ4v) is 5.04. The molecule has 0 bridgehead atoms. The fraction of sp³-hybridized carbons (Fsp3) is 0.455. The van der Waals surface area contributed by atoms with Crippen LogP contribution in [0.25, 0.3) is 0 Å². The van der Waals surface area contributed by atoms with E-state index in [1.807, 2.05) is 10.8 Å². The van der Waals surface area contributed by atoms with E-state index in [1.54, 1.807) is 6.92 Å². The molecule has 1 aliphatic rings. The van der Waals surface area contributed by atoms with Crippen molar-refractivity contribution in [3.8, 4) is 6.07 Å². The van der Waals surface area contributed by atoms with Gasteiger partial charge in [0.25, 0.3) is 11.9 Å². The zero-order chi connectivity index (χ0) is 27.6. The summed E-state index contributed by atoms with van der Waals surface area (Å²) >= 11 is 0. The van der Waals surface area contributed by atoms with Crippen molar-refractivity contribution in [3.05, 3.63) is 41.3 Å². The van der Waals surface area contributed by atoms with Crippen molar-refractivity contribution in [2.45, 2.75) is 32.4 Å². The molecular formula is C22H25F3N6O5S. The molecule has 0 spiro atoms. The smallest absolute Gasteiger partial charge is 0.416 e. The molecule has 1 atom stereocenters. The molecule has 37 heavy (non-hydrogen) atoms. The van der Waals surface area contributed by atoms with Crippen molar-refractivity contribution >= 4 is 33.7 Å². The number of halogens is 3. The first-order chi connectivity index (χ1) is 17.2. The summed E-state index contributed by atoms with van der Waals surface area (Å²) in [5, 5.41) is 12.2. The lowest BCUT2D eigenvalue weighted by atomic mass is 9.81. The van der Waals surface area contributed by atoms with Gasteiger partial charge >= 0.3 is 16.4 Å². The van der Waals surface area contributed by atoms with E-state index in [4.69, 9.17) is 4.42 Å². The summed E-state index contributed by atoms with van der Waals surface area (Å²) in [6, 6.07) is 4.73. The number of anilines is 2. The summed E-state index contributed by atoms with van der Waals surface area (Å²) in [4.78, 5) is 30.2.